The van der Waals surface area contributed by atoms with Crippen LogP contribution in [-0.4, -0.2) is 58.0 Å². The summed E-state index contributed by atoms with van der Waals surface area (Å²) in [4.78, 5) is 28.9. The van der Waals surface area contributed by atoms with Gasteiger partial charge in [0.1, 0.15) is 5.01 Å². The van der Waals surface area contributed by atoms with Gasteiger partial charge in [-0.05, 0) is 12.5 Å². The number of anilines is 1. The van der Waals surface area contributed by atoms with E-state index in [0.29, 0.717) is 18.2 Å². The number of carbonyl (C=O) groups is 2. The third-order valence-electron chi connectivity index (χ3n) is 5.13. The molecule has 7 nitrogen and oxygen atoms in total. The Morgan fingerprint density at radius 1 is 1.03 bits per heavy atom. The van der Waals surface area contributed by atoms with Gasteiger partial charge in [-0.15, -0.1) is 10.2 Å². The molecular weight excluding hydrogens is 398 g/mol. The summed E-state index contributed by atoms with van der Waals surface area (Å²) in [6.07, 6.45) is 0.377. The molecule has 0 spiro atoms. The quantitative estimate of drug-likeness (QED) is 0.763. The van der Waals surface area contributed by atoms with Crippen molar-refractivity contribution >= 4 is 28.3 Å². The number of rotatable bonds is 6. The minimum Gasteiger partial charge on any atom is -0.340 e. The molecule has 2 heterocycles. The Morgan fingerprint density at radius 2 is 1.70 bits per heavy atom. The molecular formula is C22H31N5O2S. The Balaban J connectivity index is 1.38. The first-order valence-corrected chi connectivity index (χ1v) is 11.2. The van der Waals surface area contributed by atoms with E-state index in [2.05, 4.69) is 72.4 Å². The Morgan fingerprint density at radius 3 is 2.30 bits per heavy atom. The first-order chi connectivity index (χ1) is 14.2. The van der Waals surface area contributed by atoms with Crippen molar-refractivity contribution in [1.29, 1.82) is 0 Å². The van der Waals surface area contributed by atoms with Gasteiger partial charge in [0.2, 0.25) is 16.9 Å². The molecule has 1 aliphatic heterocycles. The highest BCUT2D eigenvalue weighted by atomic mass is 32.1. The molecule has 1 saturated heterocycles. The summed E-state index contributed by atoms with van der Waals surface area (Å²) in [6, 6.07) is 8.58. The van der Waals surface area contributed by atoms with Crippen molar-refractivity contribution in [2.45, 2.75) is 52.5 Å². The summed E-state index contributed by atoms with van der Waals surface area (Å²) in [7, 11) is 0. The number of aryl methyl sites for hydroxylation is 1. The van der Waals surface area contributed by atoms with Crippen molar-refractivity contribution in [3.8, 4) is 0 Å². The number of hydrogen-bond acceptors (Lipinski definition) is 6. The highest BCUT2D eigenvalue weighted by molar-refractivity contribution is 7.15. The monoisotopic (exact) mass is 429 g/mol. The van der Waals surface area contributed by atoms with Gasteiger partial charge in [0.05, 0.1) is 0 Å². The Kier molecular flexibility index (Phi) is 7.20. The minimum absolute atomic E-state index is 0.0350. The predicted octanol–water partition coefficient (Wildman–Crippen LogP) is 3.21. The van der Waals surface area contributed by atoms with E-state index < -0.39 is 0 Å². The molecule has 3 rings (SSSR count). The molecule has 1 aromatic carbocycles. The zero-order valence-electron chi connectivity index (χ0n) is 18.3. The van der Waals surface area contributed by atoms with E-state index in [-0.39, 0.29) is 30.1 Å². The van der Waals surface area contributed by atoms with Crippen molar-refractivity contribution in [3.63, 3.8) is 0 Å². The second-order valence-corrected chi connectivity index (χ2v) is 9.83. The summed E-state index contributed by atoms with van der Waals surface area (Å²) in [5, 5.41) is 12.3. The van der Waals surface area contributed by atoms with Crippen molar-refractivity contribution < 1.29 is 9.59 Å². The topological polar surface area (TPSA) is 78.4 Å². The molecule has 0 radical (unpaired) electrons. The molecule has 0 unspecified atom stereocenters. The van der Waals surface area contributed by atoms with Crippen LogP contribution in [-0.2, 0) is 21.5 Å². The lowest BCUT2D eigenvalue weighted by atomic mass is 9.98. The van der Waals surface area contributed by atoms with Gasteiger partial charge >= 0.3 is 0 Å². The second-order valence-electron chi connectivity index (χ2n) is 8.85. The van der Waals surface area contributed by atoms with Gasteiger partial charge in [0.15, 0.2) is 0 Å². The molecule has 0 atom stereocenters. The first kappa shape index (κ1) is 22.4. The summed E-state index contributed by atoms with van der Waals surface area (Å²) < 4.78 is 0. The zero-order chi connectivity index (χ0) is 21.7. The number of amides is 2. The van der Waals surface area contributed by atoms with E-state index in [1.807, 2.05) is 4.90 Å². The van der Waals surface area contributed by atoms with Gasteiger partial charge in [-0.2, -0.15) is 0 Å². The van der Waals surface area contributed by atoms with E-state index in [9.17, 15) is 9.59 Å². The van der Waals surface area contributed by atoms with Crippen LogP contribution >= 0.6 is 11.3 Å². The van der Waals surface area contributed by atoms with Crippen molar-refractivity contribution in [2.75, 3.05) is 31.5 Å². The average molecular weight is 430 g/mol. The largest absolute Gasteiger partial charge is 0.340 e. The van der Waals surface area contributed by atoms with Crippen molar-refractivity contribution in [2.24, 2.45) is 0 Å². The van der Waals surface area contributed by atoms with Crippen LogP contribution in [0.1, 0.15) is 49.7 Å². The first-order valence-electron chi connectivity index (χ1n) is 10.4. The fraction of sp³-hybridized carbons (Fsp3) is 0.545. The maximum atomic E-state index is 12.5. The molecule has 2 amide bonds. The van der Waals surface area contributed by atoms with Crippen LogP contribution in [0.4, 0.5) is 5.13 Å². The van der Waals surface area contributed by atoms with E-state index in [4.69, 9.17) is 0 Å². The summed E-state index contributed by atoms with van der Waals surface area (Å²) in [5.41, 5.74) is 2.46. The fourth-order valence-electron chi connectivity index (χ4n) is 3.24. The Hall–Kier alpha value is -2.32. The average Bonchev–Trinajstić information content (AvgIpc) is 3.17. The van der Waals surface area contributed by atoms with Crippen LogP contribution < -0.4 is 5.32 Å². The SMILES string of the molecule is Cc1ccc(CN2CCN(C(=O)CCC(=O)Nc3nnc(C(C)(C)C)s3)CC2)cc1. The number of hydrogen-bond donors (Lipinski definition) is 1. The van der Waals surface area contributed by atoms with E-state index in [0.717, 1.165) is 24.6 Å². The third kappa shape index (κ3) is 6.34. The molecule has 1 aromatic heterocycles. The van der Waals surface area contributed by atoms with Crippen LogP contribution in [0.3, 0.4) is 0 Å². The lowest BCUT2D eigenvalue weighted by Gasteiger charge is -2.34. The van der Waals surface area contributed by atoms with Crippen molar-refractivity contribution in [1.82, 2.24) is 20.0 Å². The lowest BCUT2D eigenvalue weighted by molar-refractivity contribution is -0.134. The van der Waals surface area contributed by atoms with E-state index >= 15 is 0 Å². The van der Waals surface area contributed by atoms with Gasteiger partial charge in [0.25, 0.3) is 0 Å². The number of carbonyl (C=O) groups excluding carboxylic acids is 2. The highest BCUT2D eigenvalue weighted by Crippen LogP contribution is 2.27. The van der Waals surface area contributed by atoms with Gasteiger partial charge in [-0.3, -0.25) is 14.5 Å². The number of piperazine rings is 1. The van der Waals surface area contributed by atoms with Gasteiger partial charge in [-0.1, -0.05) is 61.9 Å². The van der Waals surface area contributed by atoms with E-state index in [1.54, 1.807) is 0 Å². The fourth-order valence-corrected chi connectivity index (χ4v) is 4.06. The minimum atomic E-state index is -0.196. The molecule has 0 bridgehead atoms. The maximum Gasteiger partial charge on any atom is 0.226 e. The van der Waals surface area contributed by atoms with Crippen LogP contribution in [0.15, 0.2) is 24.3 Å². The number of aromatic nitrogens is 2. The van der Waals surface area contributed by atoms with Crippen LogP contribution in [0.25, 0.3) is 0 Å². The third-order valence-corrected chi connectivity index (χ3v) is 6.40. The second kappa shape index (κ2) is 9.66. The zero-order valence-corrected chi connectivity index (χ0v) is 19.1. The summed E-state index contributed by atoms with van der Waals surface area (Å²) in [5.74, 6) is -0.161. The standard InChI is InChI=1S/C22H31N5O2S/c1-16-5-7-17(8-6-16)15-26-11-13-27(14-12-26)19(29)10-9-18(28)23-21-25-24-20(30-21)22(2,3)4/h5-8H,9-15H2,1-4H3,(H,23,25,28). The summed E-state index contributed by atoms with van der Waals surface area (Å²) >= 11 is 1.38. The molecule has 8 heteroatoms. The number of nitrogens with one attached hydrogen (secondary N) is 1. The van der Waals surface area contributed by atoms with Crippen LogP contribution in [0, 0.1) is 6.92 Å². The van der Waals surface area contributed by atoms with Crippen LogP contribution in [0.2, 0.25) is 0 Å². The normalized spacial score (nSPS) is 15.3. The Labute approximate surface area is 182 Å². The van der Waals surface area contributed by atoms with Crippen LogP contribution in [0.5, 0.6) is 0 Å². The molecule has 1 fully saturated rings. The highest BCUT2D eigenvalue weighted by Gasteiger charge is 2.23. The smallest absolute Gasteiger partial charge is 0.226 e. The molecule has 0 saturated carbocycles. The molecule has 0 aliphatic carbocycles. The molecule has 1 N–H and O–H groups in total. The summed E-state index contributed by atoms with van der Waals surface area (Å²) in [6.45, 7) is 12.3. The Bertz CT molecular complexity index is 864. The predicted molar refractivity (Wildman–Crippen MR) is 120 cm³/mol. The molecule has 1 aliphatic rings. The van der Waals surface area contributed by atoms with Gasteiger partial charge < -0.3 is 10.2 Å². The number of benzene rings is 1. The van der Waals surface area contributed by atoms with Gasteiger partial charge in [-0.25, -0.2) is 0 Å². The number of nitrogens with zero attached hydrogens (tertiary/aromatic N) is 4. The van der Waals surface area contributed by atoms with Crippen molar-refractivity contribution in [3.05, 3.63) is 40.4 Å². The van der Waals surface area contributed by atoms with Gasteiger partial charge in [0, 0.05) is 51.0 Å². The maximum absolute atomic E-state index is 12.5. The van der Waals surface area contributed by atoms with E-state index in [1.165, 1.54) is 22.5 Å². The molecule has 30 heavy (non-hydrogen) atoms. The lowest BCUT2D eigenvalue weighted by Crippen LogP contribution is -2.48. The molecule has 2 aromatic rings. The molecule has 162 valence electrons.